The van der Waals surface area contributed by atoms with E-state index in [4.69, 9.17) is 9.15 Å². The van der Waals surface area contributed by atoms with E-state index < -0.39 is 24.3 Å². The van der Waals surface area contributed by atoms with E-state index in [2.05, 4.69) is 5.32 Å². The predicted octanol–water partition coefficient (Wildman–Crippen LogP) is 2.61. The van der Waals surface area contributed by atoms with Crippen molar-refractivity contribution in [3.63, 3.8) is 0 Å². The Balaban J connectivity index is 1.77. The Morgan fingerprint density at radius 3 is 2.86 bits per heavy atom. The minimum Gasteiger partial charge on any atom is -0.465 e. The second-order valence-corrected chi connectivity index (χ2v) is 4.01. The number of hydrogen-bond donors (Lipinski definition) is 1. The van der Waals surface area contributed by atoms with Gasteiger partial charge in [-0.1, -0.05) is 6.07 Å². The number of benzene rings is 1. The summed E-state index contributed by atoms with van der Waals surface area (Å²) < 4.78 is 22.6. The summed E-state index contributed by atoms with van der Waals surface area (Å²) in [5.41, 5.74) is 0.294. The largest absolute Gasteiger partial charge is 0.465 e. The zero-order chi connectivity index (χ0) is 15.1. The maximum Gasteiger partial charge on any atom is 0.331 e. The van der Waals surface area contributed by atoms with Gasteiger partial charge >= 0.3 is 5.97 Å². The second kappa shape index (κ2) is 7.04. The van der Waals surface area contributed by atoms with Crippen molar-refractivity contribution < 1.29 is 23.1 Å². The quantitative estimate of drug-likeness (QED) is 0.678. The number of hydrogen-bond acceptors (Lipinski definition) is 4. The summed E-state index contributed by atoms with van der Waals surface area (Å²) in [6, 6.07) is 8.76. The van der Waals surface area contributed by atoms with Crippen molar-refractivity contribution in [1.82, 2.24) is 0 Å². The lowest BCUT2D eigenvalue weighted by molar-refractivity contribution is -0.142. The highest BCUT2D eigenvalue weighted by Crippen LogP contribution is 2.08. The lowest BCUT2D eigenvalue weighted by Gasteiger charge is -2.05. The van der Waals surface area contributed by atoms with Crippen LogP contribution < -0.4 is 5.32 Å². The molecular weight excluding hydrogens is 277 g/mol. The number of anilines is 1. The zero-order valence-corrected chi connectivity index (χ0v) is 10.9. The van der Waals surface area contributed by atoms with Crippen LogP contribution in [0, 0.1) is 5.82 Å². The molecule has 0 radical (unpaired) electrons. The average molecular weight is 289 g/mol. The molecule has 0 aliphatic rings. The van der Waals surface area contributed by atoms with Crippen LogP contribution in [0.4, 0.5) is 10.1 Å². The third-order valence-electron chi connectivity index (χ3n) is 2.38. The van der Waals surface area contributed by atoms with Crippen molar-refractivity contribution in [2.45, 2.75) is 0 Å². The average Bonchev–Trinajstić information content (AvgIpc) is 2.96. The Kier molecular flexibility index (Phi) is 4.87. The van der Waals surface area contributed by atoms with Gasteiger partial charge in [-0.3, -0.25) is 4.79 Å². The van der Waals surface area contributed by atoms with E-state index in [-0.39, 0.29) is 0 Å². The number of furan rings is 1. The highest BCUT2D eigenvalue weighted by Gasteiger charge is 2.06. The van der Waals surface area contributed by atoms with Crippen molar-refractivity contribution in [1.29, 1.82) is 0 Å². The van der Waals surface area contributed by atoms with Gasteiger partial charge in [0.25, 0.3) is 5.91 Å². The van der Waals surface area contributed by atoms with Gasteiger partial charge in [0, 0.05) is 11.8 Å². The molecule has 1 heterocycles. The third-order valence-corrected chi connectivity index (χ3v) is 2.38. The van der Waals surface area contributed by atoms with Crippen LogP contribution in [0.2, 0.25) is 0 Å². The van der Waals surface area contributed by atoms with Crippen molar-refractivity contribution in [2.24, 2.45) is 0 Å². The molecule has 5 nitrogen and oxygen atoms in total. The van der Waals surface area contributed by atoms with Crippen molar-refractivity contribution in [3.8, 4) is 0 Å². The van der Waals surface area contributed by atoms with Crippen LogP contribution in [-0.4, -0.2) is 18.5 Å². The fourth-order valence-corrected chi connectivity index (χ4v) is 1.48. The van der Waals surface area contributed by atoms with Crippen LogP contribution in [0.1, 0.15) is 5.76 Å². The monoisotopic (exact) mass is 289 g/mol. The van der Waals surface area contributed by atoms with Crippen LogP contribution in [0.3, 0.4) is 0 Å². The van der Waals surface area contributed by atoms with Gasteiger partial charge in [-0.2, -0.15) is 0 Å². The maximum atomic E-state index is 12.9. The number of halogens is 1. The molecule has 1 aromatic heterocycles. The fraction of sp³-hybridized carbons (Fsp3) is 0.0667. The summed E-state index contributed by atoms with van der Waals surface area (Å²) in [7, 11) is 0. The van der Waals surface area contributed by atoms with Gasteiger partial charge in [0.2, 0.25) is 0 Å². The van der Waals surface area contributed by atoms with Crippen LogP contribution in [0.25, 0.3) is 6.08 Å². The van der Waals surface area contributed by atoms with Gasteiger partial charge in [-0.15, -0.1) is 0 Å². The summed E-state index contributed by atoms with van der Waals surface area (Å²) in [6.45, 7) is -0.460. The summed E-state index contributed by atoms with van der Waals surface area (Å²) in [6.07, 6.45) is 4.04. The Hall–Kier alpha value is -2.89. The Morgan fingerprint density at radius 2 is 2.14 bits per heavy atom. The SMILES string of the molecule is O=C(COC(=O)/C=C/c1ccco1)Nc1cccc(F)c1. The zero-order valence-electron chi connectivity index (χ0n) is 10.9. The van der Waals surface area contributed by atoms with Crippen molar-refractivity contribution in [2.75, 3.05) is 11.9 Å². The normalized spacial score (nSPS) is 10.5. The number of carbonyl (C=O) groups is 2. The molecule has 1 amide bonds. The highest BCUT2D eigenvalue weighted by molar-refractivity contribution is 5.94. The first kappa shape index (κ1) is 14.5. The fourth-order valence-electron chi connectivity index (χ4n) is 1.48. The molecular formula is C15H12FNO4. The molecule has 108 valence electrons. The molecule has 0 unspecified atom stereocenters. The van der Waals surface area contributed by atoms with Crippen LogP contribution >= 0.6 is 0 Å². The highest BCUT2D eigenvalue weighted by atomic mass is 19.1. The molecule has 0 aliphatic heterocycles. The smallest absolute Gasteiger partial charge is 0.331 e. The molecule has 0 saturated carbocycles. The van der Waals surface area contributed by atoms with Crippen LogP contribution in [-0.2, 0) is 14.3 Å². The first-order chi connectivity index (χ1) is 10.1. The number of amides is 1. The second-order valence-electron chi connectivity index (χ2n) is 4.01. The topological polar surface area (TPSA) is 68.5 Å². The standard InChI is InChI=1S/C15H12FNO4/c16-11-3-1-4-12(9-11)17-14(18)10-21-15(19)7-6-13-5-2-8-20-13/h1-9H,10H2,(H,17,18)/b7-6+. The predicted molar refractivity (Wildman–Crippen MR) is 73.7 cm³/mol. The third kappa shape index (κ3) is 4.94. The summed E-state index contributed by atoms with van der Waals surface area (Å²) >= 11 is 0. The molecule has 0 bridgehead atoms. The number of esters is 1. The van der Waals surface area contributed by atoms with Gasteiger partial charge < -0.3 is 14.5 Å². The number of rotatable bonds is 5. The molecule has 1 N–H and O–H groups in total. The molecule has 21 heavy (non-hydrogen) atoms. The molecule has 0 aliphatic carbocycles. The number of carbonyl (C=O) groups excluding carboxylic acids is 2. The minimum absolute atomic E-state index is 0.294. The molecule has 0 spiro atoms. The van der Waals surface area contributed by atoms with E-state index in [0.29, 0.717) is 11.4 Å². The van der Waals surface area contributed by atoms with Crippen molar-refractivity contribution in [3.05, 3.63) is 60.3 Å². The molecule has 6 heteroatoms. The molecule has 2 aromatic rings. The van der Waals surface area contributed by atoms with Gasteiger partial charge in [0.05, 0.1) is 6.26 Å². The number of ether oxygens (including phenoxy) is 1. The summed E-state index contributed by atoms with van der Waals surface area (Å²) in [5.74, 6) is -1.21. The molecule has 1 aromatic carbocycles. The van der Waals surface area contributed by atoms with Gasteiger partial charge in [-0.05, 0) is 36.4 Å². The molecule has 0 atom stereocenters. The molecule has 2 rings (SSSR count). The van der Waals surface area contributed by atoms with Crippen LogP contribution in [0.5, 0.6) is 0 Å². The van der Waals surface area contributed by atoms with Gasteiger partial charge in [0.1, 0.15) is 11.6 Å². The minimum atomic E-state index is -0.680. The molecule has 0 saturated heterocycles. The van der Waals surface area contributed by atoms with E-state index in [1.165, 1.54) is 30.5 Å². The van der Waals surface area contributed by atoms with Crippen LogP contribution in [0.15, 0.2) is 53.2 Å². The van der Waals surface area contributed by atoms with Crippen molar-refractivity contribution >= 4 is 23.6 Å². The van der Waals surface area contributed by atoms with E-state index in [1.54, 1.807) is 12.1 Å². The first-order valence-electron chi connectivity index (χ1n) is 6.07. The Labute approximate surface area is 120 Å². The Bertz CT molecular complexity index is 649. The van der Waals surface area contributed by atoms with E-state index >= 15 is 0 Å². The van der Waals surface area contributed by atoms with E-state index in [9.17, 15) is 14.0 Å². The van der Waals surface area contributed by atoms with Gasteiger partial charge in [0.15, 0.2) is 6.61 Å². The van der Waals surface area contributed by atoms with E-state index in [0.717, 1.165) is 12.1 Å². The summed E-state index contributed by atoms with van der Waals surface area (Å²) in [5, 5.41) is 2.41. The van der Waals surface area contributed by atoms with E-state index in [1.807, 2.05) is 0 Å². The maximum absolute atomic E-state index is 12.9. The lowest BCUT2D eigenvalue weighted by Crippen LogP contribution is -2.20. The van der Waals surface area contributed by atoms with Gasteiger partial charge in [-0.25, -0.2) is 9.18 Å². The number of nitrogens with one attached hydrogen (secondary N) is 1. The Morgan fingerprint density at radius 1 is 1.29 bits per heavy atom. The molecule has 0 fully saturated rings. The first-order valence-corrected chi connectivity index (χ1v) is 6.07. The summed E-state index contributed by atoms with van der Waals surface area (Å²) in [4.78, 5) is 22.9. The lowest BCUT2D eigenvalue weighted by atomic mass is 10.3.